The monoisotopic (exact) mass is 615 g/mol. The first-order valence-electron chi connectivity index (χ1n) is 15.9. The molecule has 5 rings (SSSR count). The van der Waals surface area contributed by atoms with Gasteiger partial charge >= 0.3 is 12.0 Å². The second kappa shape index (κ2) is 12.3. The normalized spacial score (nSPS) is 17.0. The molecule has 0 amide bonds. The number of aryl methyl sites for hydroxylation is 2. The van der Waals surface area contributed by atoms with Gasteiger partial charge in [0.1, 0.15) is 6.61 Å². The molecule has 0 saturated heterocycles. The van der Waals surface area contributed by atoms with Crippen LogP contribution in [-0.2, 0) is 26.9 Å². The van der Waals surface area contributed by atoms with E-state index in [0.717, 1.165) is 34.6 Å². The van der Waals surface area contributed by atoms with Gasteiger partial charge in [0, 0.05) is 23.7 Å². The first kappa shape index (κ1) is 32.2. The van der Waals surface area contributed by atoms with E-state index in [0.29, 0.717) is 32.2 Å². The van der Waals surface area contributed by atoms with E-state index >= 15 is 0 Å². The Morgan fingerprint density at radius 3 is 2.39 bits per heavy atom. The van der Waals surface area contributed by atoms with Gasteiger partial charge in [-0.25, -0.2) is 0 Å². The lowest BCUT2D eigenvalue weighted by molar-refractivity contribution is -0.141. The van der Waals surface area contributed by atoms with Crippen molar-refractivity contribution in [1.82, 2.24) is 9.97 Å². The van der Waals surface area contributed by atoms with Gasteiger partial charge < -0.3 is 19.2 Å². The summed E-state index contributed by atoms with van der Waals surface area (Å²) >= 11 is 0. The van der Waals surface area contributed by atoms with E-state index in [4.69, 9.17) is 23.9 Å². The molecule has 44 heavy (non-hydrogen) atoms. The first-order chi connectivity index (χ1) is 20.7. The lowest BCUT2D eigenvalue weighted by Crippen LogP contribution is -2.41. The van der Waals surface area contributed by atoms with E-state index in [2.05, 4.69) is 82.5 Å². The number of aromatic nitrogens is 2. The van der Waals surface area contributed by atoms with Gasteiger partial charge in [-0.3, -0.25) is 4.79 Å². The van der Waals surface area contributed by atoms with Gasteiger partial charge in [-0.1, -0.05) is 45.0 Å². The minimum absolute atomic E-state index is 0.114. The molecule has 0 radical (unpaired) electrons. The highest BCUT2D eigenvalue weighted by Crippen LogP contribution is 2.64. The van der Waals surface area contributed by atoms with Crippen LogP contribution in [0.5, 0.6) is 6.01 Å². The third-order valence-electron chi connectivity index (χ3n) is 10.3. The third-order valence-corrected chi connectivity index (χ3v) is 14.9. The molecule has 1 aromatic heterocycles. The summed E-state index contributed by atoms with van der Waals surface area (Å²) < 4.78 is 17.2. The maximum Gasteiger partial charge on any atom is 0.316 e. The van der Waals surface area contributed by atoms with Crippen molar-refractivity contribution in [1.29, 1.82) is 0 Å². The number of hydrogen-bond acceptors (Lipinski definition) is 7. The largest absolute Gasteiger partial charge is 0.469 e. The highest BCUT2D eigenvalue weighted by molar-refractivity contribution is 6.74. The number of nitrogens with zero attached hydrogens (tertiary/aromatic N) is 2. The summed E-state index contributed by atoms with van der Waals surface area (Å²) in [6.07, 6.45) is 3.91. The lowest BCUT2D eigenvalue weighted by atomic mass is 9.87. The molecule has 3 aromatic rings. The van der Waals surface area contributed by atoms with Crippen molar-refractivity contribution >= 4 is 20.0 Å². The first-order valence-corrected chi connectivity index (χ1v) is 18.8. The Morgan fingerprint density at radius 1 is 1.05 bits per heavy atom. The number of methoxy groups -OCH3 is 1. The van der Waals surface area contributed by atoms with Crippen molar-refractivity contribution in [3.8, 4) is 17.1 Å². The van der Waals surface area contributed by atoms with Gasteiger partial charge in [-0.05, 0) is 104 Å². The number of benzene rings is 2. The van der Waals surface area contributed by atoms with Crippen LogP contribution in [0.4, 0.5) is 5.69 Å². The van der Waals surface area contributed by atoms with Crippen LogP contribution in [0.1, 0.15) is 79.6 Å². The fourth-order valence-electron chi connectivity index (χ4n) is 6.43. The van der Waals surface area contributed by atoms with Crippen LogP contribution in [-0.4, -0.2) is 44.6 Å². The van der Waals surface area contributed by atoms with E-state index in [1.165, 1.54) is 42.2 Å². The van der Waals surface area contributed by atoms with Crippen LogP contribution in [0, 0.1) is 26.2 Å². The minimum atomic E-state index is -1.82. The Labute approximate surface area is 264 Å². The Morgan fingerprint density at radius 2 is 1.75 bits per heavy atom. The smallest absolute Gasteiger partial charge is 0.316 e. The Balaban J connectivity index is 1.25. The summed E-state index contributed by atoms with van der Waals surface area (Å²) in [5.74, 6) is 0.162. The van der Waals surface area contributed by atoms with Crippen molar-refractivity contribution in [2.75, 3.05) is 25.6 Å². The molecule has 7 nitrogen and oxygen atoms in total. The van der Waals surface area contributed by atoms with Crippen molar-refractivity contribution in [2.24, 2.45) is 5.41 Å². The topological polar surface area (TPSA) is 82.6 Å². The van der Waals surface area contributed by atoms with Crippen LogP contribution in [0.15, 0.2) is 36.4 Å². The number of nitrogens with one attached hydrogen (secondary N) is 1. The molecule has 2 aliphatic carbocycles. The maximum absolute atomic E-state index is 12.1. The Hall–Kier alpha value is -3.23. The Bertz CT molecular complexity index is 1520. The standard InChI is InChI=1S/C36H49N3O4Si/c1-23-26(22-37-28-13-14-30-27(19-28)21-36(15-16-36)31(30)20-32(40)41-7)11-10-12-29(23)33-24(2)38-34(39-25(33)3)42-17-18-43-44(8,9)35(4,5)6/h10-14,19,31,37H,15-18,20-22H2,1-9H3. The van der Waals surface area contributed by atoms with Gasteiger partial charge in [0.15, 0.2) is 8.32 Å². The molecule has 1 fully saturated rings. The number of anilines is 1. The van der Waals surface area contributed by atoms with Crippen LogP contribution in [0.25, 0.3) is 11.1 Å². The maximum atomic E-state index is 12.1. The summed E-state index contributed by atoms with van der Waals surface area (Å²) in [6.45, 7) is 19.1. The SMILES string of the molecule is COC(=O)CC1c2ccc(NCc3cccc(-c4c(C)nc(OCCO[Si](C)(C)C(C)(C)C)nc4C)c3C)cc2CC12CC2. The van der Waals surface area contributed by atoms with E-state index in [9.17, 15) is 4.79 Å². The van der Waals surface area contributed by atoms with E-state index < -0.39 is 8.32 Å². The molecule has 1 unspecified atom stereocenters. The quantitative estimate of drug-likeness (QED) is 0.133. The molecule has 1 heterocycles. The number of rotatable bonds is 11. The number of ether oxygens (including phenoxy) is 2. The second-order valence-corrected chi connectivity index (χ2v) is 19.0. The zero-order valence-corrected chi connectivity index (χ0v) is 29.0. The van der Waals surface area contributed by atoms with Crippen LogP contribution in [0.3, 0.4) is 0 Å². The predicted octanol–water partition coefficient (Wildman–Crippen LogP) is 8.06. The predicted molar refractivity (Wildman–Crippen MR) is 179 cm³/mol. The van der Waals surface area contributed by atoms with Crippen LogP contribution >= 0.6 is 0 Å². The molecule has 0 bridgehead atoms. The summed E-state index contributed by atoms with van der Waals surface area (Å²) in [6, 6.07) is 13.5. The van der Waals surface area contributed by atoms with Gasteiger partial charge in [0.05, 0.1) is 31.5 Å². The molecule has 2 aliphatic rings. The number of carbonyl (C=O) groups is 1. The summed E-state index contributed by atoms with van der Waals surface area (Å²) in [5, 5.41) is 3.82. The second-order valence-electron chi connectivity index (χ2n) is 14.2. The summed E-state index contributed by atoms with van der Waals surface area (Å²) in [5.41, 5.74) is 10.5. The van der Waals surface area contributed by atoms with Gasteiger partial charge in [-0.2, -0.15) is 9.97 Å². The molecule has 1 saturated carbocycles. The fraction of sp³-hybridized carbons (Fsp3) is 0.528. The Kier molecular flexibility index (Phi) is 8.98. The summed E-state index contributed by atoms with van der Waals surface area (Å²) in [4.78, 5) is 21.5. The van der Waals surface area contributed by atoms with E-state index in [-0.39, 0.29) is 22.3 Å². The number of hydrogen-bond donors (Lipinski definition) is 1. The molecular formula is C36H49N3O4Si. The van der Waals surface area contributed by atoms with Crippen molar-refractivity contribution in [3.05, 3.63) is 70.0 Å². The molecule has 1 atom stereocenters. The van der Waals surface area contributed by atoms with Crippen molar-refractivity contribution < 1.29 is 18.7 Å². The highest BCUT2D eigenvalue weighted by Gasteiger charge is 2.54. The molecule has 236 valence electrons. The molecule has 1 N–H and O–H groups in total. The number of esters is 1. The fourth-order valence-corrected chi connectivity index (χ4v) is 7.46. The number of fused-ring (bicyclic) bond motifs is 1. The van der Waals surface area contributed by atoms with E-state index in [1.807, 2.05) is 13.8 Å². The average molecular weight is 616 g/mol. The molecular weight excluding hydrogens is 566 g/mol. The summed E-state index contributed by atoms with van der Waals surface area (Å²) in [7, 11) is -0.336. The zero-order valence-electron chi connectivity index (χ0n) is 28.0. The number of carbonyl (C=O) groups excluding carboxylic acids is 1. The van der Waals surface area contributed by atoms with Gasteiger partial charge in [0.25, 0.3) is 0 Å². The molecule has 1 spiro atoms. The van der Waals surface area contributed by atoms with Crippen molar-refractivity contribution in [3.63, 3.8) is 0 Å². The average Bonchev–Trinajstić information content (AvgIpc) is 3.67. The lowest BCUT2D eigenvalue weighted by Gasteiger charge is -2.36. The third kappa shape index (κ3) is 6.57. The van der Waals surface area contributed by atoms with Gasteiger partial charge in [-0.15, -0.1) is 0 Å². The molecule has 0 aliphatic heterocycles. The van der Waals surface area contributed by atoms with E-state index in [1.54, 1.807) is 0 Å². The van der Waals surface area contributed by atoms with Crippen LogP contribution in [0.2, 0.25) is 18.1 Å². The van der Waals surface area contributed by atoms with Crippen molar-refractivity contribution in [2.45, 2.75) is 97.8 Å². The molecule has 2 aromatic carbocycles. The minimum Gasteiger partial charge on any atom is -0.469 e. The highest BCUT2D eigenvalue weighted by atomic mass is 28.4. The molecule has 8 heteroatoms. The van der Waals surface area contributed by atoms with Gasteiger partial charge in [0.2, 0.25) is 0 Å². The zero-order chi connectivity index (χ0) is 31.9. The van der Waals surface area contributed by atoms with Crippen LogP contribution < -0.4 is 10.1 Å².